The number of nitrogens with zero attached hydrogens (tertiary/aromatic N) is 1. The second kappa shape index (κ2) is 5.56. The third-order valence-corrected chi connectivity index (χ3v) is 2.97. The predicted molar refractivity (Wildman–Crippen MR) is 73.9 cm³/mol. The number of carbonyl (C=O) groups is 2. The van der Waals surface area contributed by atoms with Gasteiger partial charge in [-0.2, -0.15) is 0 Å². The van der Waals surface area contributed by atoms with Gasteiger partial charge in [-0.1, -0.05) is 18.2 Å². The lowest BCUT2D eigenvalue weighted by molar-refractivity contribution is -0.118. The lowest BCUT2D eigenvalue weighted by atomic mass is 10.2. The summed E-state index contributed by atoms with van der Waals surface area (Å²) in [5, 5.41) is 6.45. The maximum atomic E-state index is 12.0. The Labute approximate surface area is 111 Å². The summed E-state index contributed by atoms with van der Waals surface area (Å²) in [7, 11) is 1.87. The quantitative estimate of drug-likeness (QED) is 0.806. The van der Waals surface area contributed by atoms with Crippen LogP contribution in [0, 0.1) is 0 Å². The van der Waals surface area contributed by atoms with E-state index in [1.165, 1.54) is 6.92 Å². The van der Waals surface area contributed by atoms with E-state index in [1.807, 2.05) is 41.9 Å². The van der Waals surface area contributed by atoms with E-state index in [-0.39, 0.29) is 11.8 Å². The Balaban J connectivity index is 2.05. The van der Waals surface area contributed by atoms with Crippen LogP contribution >= 0.6 is 0 Å². The smallest absolute Gasteiger partial charge is 0.267 e. The molecule has 0 bridgehead atoms. The number of carbonyl (C=O) groups excluding carboxylic acids is 2. The molecule has 5 nitrogen and oxygen atoms in total. The van der Waals surface area contributed by atoms with Crippen molar-refractivity contribution >= 4 is 22.7 Å². The van der Waals surface area contributed by atoms with E-state index in [9.17, 15) is 9.59 Å². The van der Waals surface area contributed by atoms with Crippen molar-refractivity contribution in [2.45, 2.75) is 6.92 Å². The van der Waals surface area contributed by atoms with Crippen molar-refractivity contribution in [2.75, 3.05) is 13.1 Å². The molecule has 2 amide bonds. The molecule has 2 N–H and O–H groups in total. The minimum atomic E-state index is -0.135. The molecule has 0 spiro atoms. The van der Waals surface area contributed by atoms with Gasteiger partial charge < -0.3 is 15.2 Å². The Hall–Kier alpha value is -2.30. The minimum absolute atomic E-state index is 0.0983. The SMILES string of the molecule is CC(=O)NCCNC(=O)c1cc2ccccc2n1C. The van der Waals surface area contributed by atoms with Crippen molar-refractivity contribution < 1.29 is 9.59 Å². The molecular formula is C14H17N3O2. The lowest BCUT2D eigenvalue weighted by Gasteiger charge is -2.06. The van der Waals surface area contributed by atoms with Crippen LogP contribution in [0.25, 0.3) is 10.9 Å². The van der Waals surface area contributed by atoms with E-state index in [1.54, 1.807) is 0 Å². The highest BCUT2D eigenvalue weighted by Crippen LogP contribution is 2.17. The third-order valence-electron chi connectivity index (χ3n) is 2.97. The first-order valence-electron chi connectivity index (χ1n) is 6.16. The molecule has 1 heterocycles. The van der Waals surface area contributed by atoms with Gasteiger partial charge >= 0.3 is 0 Å². The second-order valence-corrected chi connectivity index (χ2v) is 4.39. The molecule has 1 aromatic carbocycles. The van der Waals surface area contributed by atoms with Gasteiger partial charge in [-0.3, -0.25) is 9.59 Å². The molecule has 0 aliphatic rings. The minimum Gasteiger partial charge on any atom is -0.355 e. The number of fused-ring (bicyclic) bond motifs is 1. The van der Waals surface area contributed by atoms with Crippen LogP contribution in [0.2, 0.25) is 0 Å². The summed E-state index contributed by atoms with van der Waals surface area (Å²) in [6, 6.07) is 9.71. The normalized spacial score (nSPS) is 10.4. The Kier molecular flexibility index (Phi) is 3.85. The van der Waals surface area contributed by atoms with Gasteiger partial charge in [0.15, 0.2) is 0 Å². The molecule has 100 valence electrons. The maximum Gasteiger partial charge on any atom is 0.267 e. The first-order chi connectivity index (χ1) is 9.09. The number of aryl methyl sites for hydroxylation is 1. The zero-order valence-electron chi connectivity index (χ0n) is 11.1. The number of rotatable bonds is 4. The van der Waals surface area contributed by atoms with Crippen LogP contribution in [0.5, 0.6) is 0 Å². The van der Waals surface area contributed by atoms with Crippen molar-refractivity contribution in [3.05, 3.63) is 36.0 Å². The van der Waals surface area contributed by atoms with Gasteiger partial charge in [0, 0.05) is 38.0 Å². The van der Waals surface area contributed by atoms with E-state index in [2.05, 4.69) is 10.6 Å². The van der Waals surface area contributed by atoms with E-state index >= 15 is 0 Å². The fourth-order valence-corrected chi connectivity index (χ4v) is 2.01. The first kappa shape index (κ1) is 13.1. The number of benzene rings is 1. The van der Waals surface area contributed by atoms with Crippen LogP contribution in [0.1, 0.15) is 17.4 Å². The van der Waals surface area contributed by atoms with E-state index in [0.717, 1.165) is 10.9 Å². The Morgan fingerprint density at radius 1 is 1.16 bits per heavy atom. The topological polar surface area (TPSA) is 63.1 Å². The number of hydrogen-bond acceptors (Lipinski definition) is 2. The Morgan fingerprint density at radius 3 is 2.53 bits per heavy atom. The number of nitrogens with one attached hydrogen (secondary N) is 2. The highest BCUT2D eigenvalue weighted by atomic mass is 16.2. The number of para-hydroxylation sites is 1. The Morgan fingerprint density at radius 2 is 1.84 bits per heavy atom. The van der Waals surface area contributed by atoms with Crippen molar-refractivity contribution in [3.8, 4) is 0 Å². The van der Waals surface area contributed by atoms with Crippen molar-refractivity contribution in [2.24, 2.45) is 7.05 Å². The molecule has 19 heavy (non-hydrogen) atoms. The molecule has 0 radical (unpaired) electrons. The summed E-state index contributed by atoms with van der Waals surface area (Å²) in [5.41, 5.74) is 1.64. The largest absolute Gasteiger partial charge is 0.355 e. The molecule has 0 saturated heterocycles. The van der Waals surface area contributed by atoms with Gasteiger partial charge in [-0.25, -0.2) is 0 Å². The van der Waals surface area contributed by atoms with Crippen LogP contribution in [0.15, 0.2) is 30.3 Å². The van der Waals surface area contributed by atoms with Crippen LogP contribution < -0.4 is 10.6 Å². The maximum absolute atomic E-state index is 12.0. The molecule has 0 aliphatic carbocycles. The molecule has 1 aromatic heterocycles. The fourth-order valence-electron chi connectivity index (χ4n) is 2.01. The average Bonchev–Trinajstić information content (AvgIpc) is 2.72. The number of amides is 2. The highest BCUT2D eigenvalue weighted by molar-refractivity contribution is 5.98. The molecular weight excluding hydrogens is 242 g/mol. The van der Waals surface area contributed by atoms with Crippen molar-refractivity contribution in [3.63, 3.8) is 0 Å². The Bertz CT molecular complexity index is 616. The molecule has 5 heteroatoms. The molecule has 0 fully saturated rings. The summed E-state index contributed by atoms with van der Waals surface area (Å²) < 4.78 is 1.86. The lowest BCUT2D eigenvalue weighted by Crippen LogP contribution is -2.34. The van der Waals surface area contributed by atoms with Gasteiger partial charge in [0.25, 0.3) is 5.91 Å². The second-order valence-electron chi connectivity index (χ2n) is 4.39. The van der Waals surface area contributed by atoms with Gasteiger partial charge in [0.05, 0.1) is 0 Å². The van der Waals surface area contributed by atoms with Crippen LogP contribution in [-0.4, -0.2) is 29.5 Å². The molecule has 0 saturated carbocycles. The van der Waals surface area contributed by atoms with Crippen LogP contribution in [-0.2, 0) is 11.8 Å². The average molecular weight is 259 g/mol. The third kappa shape index (κ3) is 2.93. The van der Waals surface area contributed by atoms with E-state index in [0.29, 0.717) is 18.8 Å². The number of aromatic nitrogens is 1. The summed E-state index contributed by atoms with van der Waals surface area (Å²) >= 11 is 0. The van der Waals surface area contributed by atoms with Crippen LogP contribution in [0.3, 0.4) is 0 Å². The predicted octanol–water partition coefficient (Wildman–Crippen LogP) is 1.04. The molecule has 2 aromatic rings. The van der Waals surface area contributed by atoms with Crippen LogP contribution in [0.4, 0.5) is 0 Å². The first-order valence-corrected chi connectivity index (χ1v) is 6.16. The zero-order valence-corrected chi connectivity index (χ0v) is 11.1. The molecule has 0 unspecified atom stereocenters. The molecule has 0 atom stereocenters. The summed E-state index contributed by atoms with van der Waals surface area (Å²) in [5.74, 6) is -0.233. The monoisotopic (exact) mass is 259 g/mol. The van der Waals surface area contributed by atoms with Gasteiger partial charge in [0.1, 0.15) is 5.69 Å². The van der Waals surface area contributed by atoms with E-state index in [4.69, 9.17) is 0 Å². The van der Waals surface area contributed by atoms with Crippen molar-refractivity contribution in [1.29, 1.82) is 0 Å². The van der Waals surface area contributed by atoms with Gasteiger partial charge in [-0.15, -0.1) is 0 Å². The standard InChI is InChI=1S/C14H17N3O2/c1-10(18)15-7-8-16-14(19)13-9-11-5-3-4-6-12(11)17(13)2/h3-6,9H,7-8H2,1-2H3,(H,15,18)(H,16,19). The van der Waals surface area contributed by atoms with Crippen molar-refractivity contribution in [1.82, 2.24) is 15.2 Å². The summed E-state index contributed by atoms with van der Waals surface area (Å²) in [6.07, 6.45) is 0. The zero-order chi connectivity index (χ0) is 13.8. The fraction of sp³-hybridized carbons (Fsp3) is 0.286. The van der Waals surface area contributed by atoms with Gasteiger partial charge in [-0.05, 0) is 12.1 Å². The highest BCUT2D eigenvalue weighted by Gasteiger charge is 2.12. The number of hydrogen-bond donors (Lipinski definition) is 2. The molecule has 2 rings (SSSR count). The van der Waals surface area contributed by atoms with E-state index < -0.39 is 0 Å². The summed E-state index contributed by atoms with van der Waals surface area (Å²) in [6.45, 7) is 2.30. The summed E-state index contributed by atoms with van der Waals surface area (Å²) in [4.78, 5) is 22.7. The van der Waals surface area contributed by atoms with Gasteiger partial charge in [0.2, 0.25) is 5.91 Å². The molecule has 0 aliphatic heterocycles.